The number of hydrogen-bond donors (Lipinski definition) is 0. The number of ether oxygens (including phenoxy) is 2. The number of rotatable bonds is 6. The molecule has 0 radical (unpaired) electrons. The number of benzene rings is 3. The van der Waals surface area contributed by atoms with Crippen LogP contribution in [0.15, 0.2) is 84.9 Å². The van der Waals surface area contributed by atoms with Gasteiger partial charge in [0.15, 0.2) is 6.10 Å². The molecular weight excluding hydrogens is 312 g/mol. The van der Waals surface area contributed by atoms with Gasteiger partial charge >= 0.3 is 5.97 Å². The highest BCUT2D eigenvalue weighted by Gasteiger charge is 2.21. The van der Waals surface area contributed by atoms with Crippen LogP contribution in [-0.2, 0) is 16.0 Å². The number of methoxy groups -OCH3 is 1. The Morgan fingerprint density at radius 2 is 1.36 bits per heavy atom. The van der Waals surface area contributed by atoms with Crippen LogP contribution in [0.25, 0.3) is 11.1 Å². The van der Waals surface area contributed by atoms with E-state index < -0.39 is 6.10 Å². The first kappa shape index (κ1) is 16.8. The average Bonchev–Trinajstić information content (AvgIpc) is 2.69. The molecule has 0 saturated carbocycles. The molecule has 0 unspecified atom stereocenters. The zero-order valence-electron chi connectivity index (χ0n) is 14.1. The largest absolute Gasteiger partial charge is 0.478 e. The maximum Gasteiger partial charge on any atom is 0.347 e. The summed E-state index contributed by atoms with van der Waals surface area (Å²) in [4.78, 5) is 12.1. The molecule has 25 heavy (non-hydrogen) atoms. The van der Waals surface area contributed by atoms with E-state index in [0.717, 1.165) is 16.7 Å². The molecule has 0 aliphatic rings. The van der Waals surface area contributed by atoms with Gasteiger partial charge in [0, 0.05) is 6.42 Å². The Morgan fingerprint density at radius 1 is 0.800 bits per heavy atom. The minimum absolute atomic E-state index is 0.379. The average molecular weight is 332 g/mol. The van der Waals surface area contributed by atoms with Gasteiger partial charge in [0.1, 0.15) is 5.75 Å². The summed E-state index contributed by atoms with van der Waals surface area (Å²) in [7, 11) is 1.38. The molecule has 1 atom stereocenters. The van der Waals surface area contributed by atoms with Gasteiger partial charge in [-0.25, -0.2) is 4.79 Å². The van der Waals surface area contributed by atoms with E-state index >= 15 is 0 Å². The summed E-state index contributed by atoms with van der Waals surface area (Å²) in [6, 6.07) is 27.6. The van der Waals surface area contributed by atoms with E-state index in [9.17, 15) is 4.79 Å². The Morgan fingerprint density at radius 3 is 1.96 bits per heavy atom. The maximum absolute atomic E-state index is 12.1. The van der Waals surface area contributed by atoms with Crippen LogP contribution in [0.2, 0.25) is 0 Å². The topological polar surface area (TPSA) is 35.5 Å². The van der Waals surface area contributed by atoms with Crippen molar-refractivity contribution in [1.82, 2.24) is 0 Å². The number of carbonyl (C=O) groups is 1. The van der Waals surface area contributed by atoms with Gasteiger partial charge in [-0.1, -0.05) is 72.8 Å². The third-order valence-corrected chi connectivity index (χ3v) is 3.97. The molecule has 0 heterocycles. The van der Waals surface area contributed by atoms with Crippen LogP contribution in [0.5, 0.6) is 5.75 Å². The van der Waals surface area contributed by atoms with Crippen molar-refractivity contribution >= 4 is 5.97 Å². The molecule has 3 aromatic carbocycles. The SMILES string of the molecule is COC(=O)[C@H](Cc1ccccc1)Oc1ccc(-c2ccccc2)cc1. The fraction of sp³-hybridized carbons (Fsp3) is 0.136. The lowest BCUT2D eigenvalue weighted by atomic mass is 10.1. The molecule has 0 fully saturated rings. The van der Waals surface area contributed by atoms with Crippen molar-refractivity contribution in [2.24, 2.45) is 0 Å². The maximum atomic E-state index is 12.1. The molecule has 0 bridgehead atoms. The summed E-state index contributed by atoms with van der Waals surface area (Å²) in [6.45, 7) is 0. The second kappa shape index (κ2) is 8.15. The predicted molar refractivity (Wildman–Crippen MR) is 98.5 cm³/mol. The van der Waals surface area contributed by atoms with Crippen LogP contribution in [0.3, 0.4) is 0 Å². The first-order valence-corrected chi connectivity index (χ1v) is 8.20. The Bertz CT molecular complexity index is 796. The van der Waals surface area contributed by atoms with E-state index in [0.29, 0.717) is 12.2 Å². The highest BCUT2D eigenvalue weighted by atomic mass is 16.6. The van der Waals surface area contributed by atoms with Crippen LogP contribution in [0.4, 0.5) is 0 Å². The van der Waals surface area contributed by atoms with Crippen molar-refractivity contribution in [2.45, 2.75) is 12.5 Å². The first-order valence-electron chi connectivity index (χ1n) is 8.20. The first-order chi connectivity index (χ1) is 12.3. The van der Waals surface area contributed by atoms with E-state index in [1.54, 1.807) is 0 Å². The minimum Gasteiger partial charge on any atom is -0.478 e. The fourth-order valence-electron chi connectivity index (χ4n) is 2.65. The Labute approximate surface area is 147 Å². The van der Waals surface area contributed by atoms with Crippen molar-refractivity contribution in [3.05, 3.63) is 90.5 Å². The lowest BCUT2D eigenvalue weighted by Crippen LogP contribution is -2.30. The van der Waals surface area contributed by atoms with E-state index in [2.05, 4.69) is 12.1 Å². The van der Waals surface area contributed by atoms with Crippen LogP contribution in [0.1, 0.15) is 5.56 Å². The van der Waals surface area contributed by atoms with Gasteiger partial charge in [-0.3, -0.25) is 0 Å². The zero-order chi connectivity index (χ0) is 17.5. The summed E-state index contributed by atoms with van der Waals surface area (Å²) in [5, 5.41) is 0. The van der Waals surface area contributed by atoms with E-state index in [1.807, 2.05) is 72.8 Å². The van der Waals surface area contributed by atoms with Crippen molar-refractivity contribution in [1.29, 1.82) is 0 Å². The lowest BCUT2D eigenvalue weighted by molar-refractivity contribution is -0.148. The fourth-order valence-corrected chi connectivity index (χ4v) is 2.65. The normalized spacial score (nSPS) is 11.6. The van der Waals surface area contributed by atoms with Gasteiger partial charge in [0.2, 0.25) is 0 Å². The molecule has 0 aliphatic heterocycles. The van der Waals surface area contributed by atoms with E-state index in [-0.39, 0.29) is 5.97 Å². The minimum atomic E-state index is -0.671. The van der Waals surface area contributed by atoms with Crippen molar-refractivity contribution < 1.29 is 14.3 Å². The number of esters is 1. The molecule has 3 nitrogen and oxygen atoms in total. The quantitative estimate of drug-likeness (QED) is 0.623. The monoisotopic (exact) mass is 332 g/mol. The van der Waals surface area contributed by atoms with Crippen LogP contribution >= 0.6 is 0 Å². The van der Waals surface area contributed by atoms with E-state index in [1.165, 1.54) is 7.11 Å². The van der Waals surface area contributed by atoms with Crippen molar-refractivity contribution in [3.63, 3.8) is 0 Å². The Balaban J connectivity index is 1.74. The zero-order valence-corrected chi connectivity index (χ0v) is 14.1. The van der Waals surface area contributed by atoms with Crippen LogP contribution < -0.4 is 4.74 Å². The summed E-state index contributed by atoms with van der Waals surface area (Å²) in [5.41, 5.74) is 3.27. The standard InChI is InChI=1S/C22H20O3/c1-24-22(23)21(16-17-8-4-2-5-9-17)25-20-14-12-19(13-15-20)18-10-6-3-7-11-18/h2-15,21H,16H2,1H3/t21-/m0/s1. The molecule has 126 valence electrons. The summed E-state index contributed by atoms with van der Waals surface area (Å²) in [5.74, 6) is 0.266. The molecule has 0 aromatic heterocycles. The molecule has 0 saturated heterocycles. The molecule has 3 aromatic rings. The Kier molecular flexibility index (Phi) is 5.47. The summed E-state index contributed by atoms with van der Waals surface area (Å²) < 4.78 is 10.8. The molecule has 0 spiro atoms. The van der Waals surface area contributed by atoms with Gasteiger partial charge in [-0.05, 0) is 28.8 Å². The van der Waals surface area contributed by atoms with Crippen molar-refractivity contribution in [2.75, 3.05) is 7.11 Å². The van der Waals surface area contributed by atoms with Crippen LogP contribution in [0, 0.1) is 0 Å². The van der Waals surface area contributed by atoms with Crippen molar-refractivity contribution in [3.8, 4) is 16.9 Å². The number of hydrogen-bond acceptors (Lipinski definition) is 3. The van der Waals surface area contributed by atoms with Crippen LogP contribution in [-0.4, -0.2) is 19.2 Å². The molecule has 0 aliphatic carbocycles. The highest BCUT2D eigenvalue weighted by Crippen LogP contribution is 2.23. The molecule has 0 N–H and O–H groups in total. The summed E-state index contributed by atoms with van der Waals surface area (Å²) >= 11 is 0. The smallest absolute Gasteiger partial charge is 0.347 e. The highest BCUT2D eigenvalue weighted by molar-refractivity contribution is 5.75. The van der Waals surface area contributed by atoms with Gasteiger partial charge in [0.25, 0.3) is 0 Å². The molecule has 3 rings (SSSR count). The van der Waals surface area contributed by atoms with Gasteiger partial charge in [-0.2, -0.15) is 0 Å². The molecular formula is C22H20O3. The van der Waals surface area contributed by atoms with Gasteiger partial charge < -0.3 is 9.47 Å². The lowest BCUT2D eigenvalue weighted by Gasteiger charge is -2.17. The second-order valence-corrected chi connectivity index (χ2v) is 5.71. The third-order valence-electron chi connectivity index (χ3n) is 3.97. The summed E-state index contributed by atoms with van der Waals surface area (Å²) in [6.07, 6.45) is -0.205. The molecule has 3 heteroatoms. The van der Waals surface area contributed by atoms with Gasteiger partial charge in [-0.15, -0.1) is 0 Å². The van der Waals surface area contributed by atoms with E-state index in [4.69, 9.17) is 9.47 Å². The Hall–Kier alpha value is -3.07. The number of carbonyl (C=O) groups excluding carboxylic acids is 1. The molecule has 0 amide bonds. The second-order valence-electron chi connectivity index (χ2n) is 5.71. The van der Waals surface area contributed by atoms with Gasteiger partial charge in [0.05, 0.1) is 7.11 Å². The third kappa shape index (κ3) is 4.48. The predicted octanol–water partition coefficient (Wildman–Crippen LogP) is 4.52.